The van der Waals surface area contributed by atoms with Crippen LogP contribution in [0.1, 0.15) is 50.2 Å². The monoisotopic (exact) mass is 561 g/mol. The lowest BCUT2D eigenvalue weighted by Gasteiger charge is -2.24. The van der Waals surface area contributed by atoms with Gasteiger partial charge in [-0.1, -0.05) is 74.9 Å². The fourth-order valence-corrected chi connectivity index (χ4v) is 5.26. The van der Waals surface area contributed by atoms with Gasteiger partial charge in [0.05, 0.1) is 0 Å². The van der Waals surface area contributed by atoms with Crippen LogP contribution in [0.4, 0.5) is 4.39 Å². The minimum absolute atomic E-state index is 0.283. The van der Waals surface area contributed by atoms with Crippen molar-refractivity contribution in [3.8, 4) is 16.9 Å². The van der Waals surface area contributed by atoms with Crippen LogP contribution in [-0.2, 0) is 0 Å². The molecule has 0 saturated heterocycles. The van der Waals surface area contributed by atoms with E-state index in [2.05, 4.69) is 76.9 Å². The van der Waals surface area contributed by atoms with Crippen LogP contribution >= 0.6 is 0 Å². The van der Waals surface area contributed by atoms with Crippen molar-refractivity contribution in [3.63, 3.8) is 0 Å². The van der Waals surface area contributed by atoms with E-state index in [1.807, 2.05) is 38.5 Å². The summed E-state index contributed by atoms with van der Waals surface area (Å²) in [5.41, 5.74) is 6.44. The number of aromatic amines is 1. The van der Waals surface area contributed by atoms with Crippen LogP contribution in [-0.4, -0.2) is 41.6 Å². The molecule has 0 aliphatic carbocycles. The van der Waals surface area contributed by atoms with Crippen molar-refractivity contribution in [2.45, 2.75) is 45.1 Å². The molecule has 0 aliphatic rings. The fraction of sp³-hybridized carbons (Fsp3) is 0.270. The topological polar surface area (TPSA) is 41.1 Å². The number of ether oxygens (including phenoxy) is 1. The second-order valence-corrected chi connectivity index (χ2v) is 11.2. The Morgan fingerprint density at radius 2 is 1.79 bits per heavy atom. The van der Waals surface area contributed by atoms with Crippen LogP contribution in [0, 0.1) is 5.82 Å². The summed E-state index contributed by atoms with van der Waals surface area (Å²) in [4.78, 5) is 10.2. The van der Waals surface area contributed by atoms with Gasteiger partial charge in [-0.3, -0.25) is 0 Å². The maximum Gasteiger partial charge on any atom is 0.138 e. The van der Waals surface area contributed by atoms with Crippen LogP contribution < -0.4 is 4.74 Å². The van der Waals surface area contributed by atoms with Gasteiger partial charge in [0, 0.05) is 41.0 Å². The number of nitrogens with one attached hydrogen (secondary N) is 1. The summed E-state index contributed by atoms with van der Waals surface area (Å²) in [5.74, 6) is 0.446. The fourth-order valence-electron chi connectivity index (χ4n) is 5.26. The van der Waals surface area contributed by atoms with Gasteiger partial charge in [0.2, 0.25) is 0 Å². The molecule has 0 spiro atoms. The molecule has 4 nitrogen and oxygen atoms in total. The van der Waals surface area contributed by atoms with Crippen LogP contribution in [0.15, 0.2) is 91.6 Å². The van der Waals surface area contributed by atoms with E-state index in [0.29, 0.717) is 17.6 Å². The van der Waals surface area contributed by atoms with Gasteiger partial charge in [-0.05, 0) is 85.6 Å². The van der Waals surface area contributed by atoms with E-state index < -0.39 is 0 Å². The van der Waals surface area contributed by atoms with Gasteiger partial charge < -0.3 is 14.6 Å². The Morgan fingerprint density at radius 1 is 1.00 bits per heavy atom. The Balaban J connectivity index is 1.36. The van der Waals surface area contributed by atoms with Crippen LogP contribution in [0.25, 0.3) is 44.7 Å². The molecule has 3 aromatic carbocycles. The van der Waals surface area contributed by atoms with E-state index >= 15 is 0 Å². The van der Waals surface area contributed by atoms with Crippen molar-refractivity contribution in [2.75, 3.05) is 20.6 Å². The van der Waals surface area contributed by atoms with Crippen molar-refractivity contribution in [1.82, 2.24) is 14.9 Å². The van der Waals surface area contributed by atoms with E-state index in [1.54, 1.807) is 12.1 Å². The average Bonchev–Trinajstić information content (AvgIpc) is 3.36. The van der Waals surface area contributed by atoms with E-state index in [4.69, 9.17) is 4.74 Å². The molecule has 0 aliphatic heterocycles. The Bertz CT molecular complexity index is 1680. The highest BCUT2D eigenvalue weighted by molar-refractivity contribution is 6.07. The number of allylic oxidation sites excluding steroid dienone is 1. The molecule has 1 atom stereocenters. The summed E-state index contributed by atoms with van der Waals surface area (Å²) in [6.45, 7) is 7.24. The lowest BCUT2D eigenvalue weighted by Crippen LogP contribution is -2.25. The predicted octanol–water partition coefficient (Wildman–Crippen LogP) is 9.53. The highest BCUT2D eigenvalue weighted by Gasteiger charge is 2.19. The maximum absolute atomic E-state index is 14.5. The second kappa shape index (κ2) is 13.6. The number of aromatic nitrogens is 2. The summed E-state index contributed by atoms with van der Waals surface area (Å²) >= 11 is 0. The SMILES string of the molecule is C=C(c1ccccc1F)C(CCN(C)C)Oc1ccc(-c2ccc3[nH]c4ncc(C=CCCCCC)cc4c3c2)cc1. The first-order chi connectivity index (χ1) is 20.4. The van der Waals surface area contributed by atoms with Gasteiger partial charge in [0.1, 0.15) is 23.3 Å². The first-order valence-corrected chi connectivity index (χ1v) is 14.9. The van der Waals surface area contributed by atoms with Gasteiger partial charge >= 0.3 is 0 Å². The highest BCUT2D eigenvalue weighted by Crippen LogP contribution is 2.32. The first kappa shape index (κ1) is 29.3. The number of halogens is 1. The lowest BCUT2D eigenvalue weighted by molar-refractivity contribution is 0.227. The van der Waals surface area contributed by atoms with Crippen molar-refractivity contribution in [1.29, 1.82) is 0 Å². The predicted molar refractivity (Wildman–Crippen MR) is 175 cm³/mol. The quantitative estimate of drug-likeness (QED) is 0.146. The second-order valence-electron chi connectivity index (χ2n) is 11.2. The third-order valence-electron chi connectivity index (χ3n) is 7.67. The molecule has 1 N–H and O–H groups in total. The molecule has 0 bridgehead atoms. The number of H-pyrrole nitrogens is 1. The molecule has 2 heterocycles. The molecule has 5 rings (SSSR count). The van der Waals surface area contributed by atoms with E-state index in [-0.39, 0.29) is 11.9 Å². The lowest BCUT2D eigenvalue weighted by atomic mass is 9.99. The van der Waals surface area contributed by atoms with Crippen molar-refractivity contribution in [3.05, 3.63) is 109 Å². The molecule has 2 aromatic heterocycles. The molecule has 216 valence electrons. The number of hydrogen-bond donors (Lipinski definition) is 1. The van der Waals surface area contributed by atoms with Crippen LogP contribution in [0.5, 0.6) is 5.75 Å². The highest BCUT2D eigenvalue weighted by atomic mass is 19.1. The summed E-state index contributed by atoms with van der Waals surface area (Å²) < 4.78 is 20.9. The number of rotatable bonds is 13. The van der Waals surface area contributed by atoms with Gasteiger partial charge in [0.15, 0.2) is 0 Å². The Hall–Kier alpha value is -4.22. The largest absolute Gasteiger partial charge is 0.486 e. The number of benzene rings is 3. The molecule has 0 amide bonds. The van der Waals surface area contributed by atoms with Crippen molar-refractivity contribution in [2.24, 2.45) is 0 Å². The third-order valence-corrected chi connectivity index (χ3v) is 7.67. The van der Waals surface area contributed by atoms with Crippen molar-refractivity contribution < 1.29 is 9.13 Å². The maximum atomic E-state index is 14.5. The van der Waals surface area contributed by atoms with E-state index in [0.717, 1.165) is 57.3 Å². The molecule has 1 unspecified atom stereocenters. The normalized spacial score (nSPS) is 12.5. The number of fused-ring (bicyclic) bond motifs is 3. The zero-order chi connectivity index (χ0) is 29.5. The average molecular weight is 562 g/mol. The molecule has 0 radical (unpaired) electrons. The molecule has 5 heteroatoms. The summed E-state index contributed by atoms with van der Waals surface area (Å²) in [6.07, 6.45) is 11.5. The standard InChI is InChI=1S/C37H40FN3O/c1-5-6-7-8-9-12-27-23-33-32-24-29(17-20-35(32)40-37(33)39-25-27)28-15-18-30(19-16-28)42-36(21-22-41(3)4)26(2)31-13-10-11-14-34(31)38/h9-20,23-25,36H,2,5-8,21-22H2,1,3-4H3,(H,39,40). The van der Waals surface area contributed by atoms with E-state index in [9.17, 15) is 4.39 Å². The number of hydrogen-bond acceptors (Lipinski definition) is 3. The Morgan fingerprint density at radius 3 is 2.55 bits per heavy atom. The third kappa shape index (κ3) is 6.97. The van der Waals surface area contributed by atoms with E-state index in [1.165, 1.54) is 25.3 Å². The van der Waals surface area contributed by atoms with Crippen LogP contribution in [0.3, 0.4) is 0 Å². The number of unbranched alkanes of at least 4 members (excludes halogenated alkanes) is 3. The zero-order valence-corrected chi connectivity index (χ0v) is 24.9. The molecular weight excluding hydrogens is 521 g/mol. The van der Waals surface area contributed by atoms with Gasteiger partial charge in [-0.25, -0.2) is 9.37 Å². The van der Waals surface area contributed by atoms with Gasteiger partial charge in [0.25, 0.3) is 0 Å². The van der Waals surface area contributed by atoms with Crippen molar-refractivity contribution >= 4 is 33.6 Å². The first-order valence-electron chi connectivity index (χ1n) is 14.9. The molecule has 5 aromatic rings. The molecular formula is C37H40FN3O. The zero-order valence-electron chi connectivity index (χ0n) is 24.9. The van der Waals surface area contributed by atoms with Gasteiger partial charge in [-0.15, -0.1) is 0 Å². The summed E-state index contributed by atoms with van der Waals surface area (Å²) in [7, 11) is 4.04. The summed E-state index contributed by atoms with van der Waals surface area (Å²) in [6, 6.07) is 23.5. The van der Waals surface area contributed by atoms with Crippen LogP contribution in [0.2, 0.25) is 0 Å². The number of pyridine rings is 1. The smallest absolute Gasteiger partial charge is 0.138 e. The Kier molecular flexibility index (Phi) is 9.50. The molecule has 0 saturated carbocycles. The summed E-state index contributed by atoms with van der Waals surface area (Å²) in [5, 5.41) is 2.28. The van der Waals surface area contributed by atoms with Gasteiger partial charge in [-0.2, -0.15) is 0 Å². The minimum Gasteiger partial charge on any atom is -0.486 e. The number of nitrogens with zero attached hydrogens (tertiary/aromatic N) is 2. The minimum atomic E-state index is -0.347. The molecule has 42 heavy (non-hydrogen) atoms. The molecule has 0 fully saturated rings. The Labute approximate surface area is 248 Å².